The lowest BCUT2D eigenvalue weighted by Gasteiger charge is -2.16. The van der Waals surface area contributed by atoms with Crippen molar-refractivity contribution in [3.63, 3.8) is 0 Å². The average molecular weight is 489 g/mol. The number of hydrogen-bond donors (Lipinski definition) is 0. The van der Waals surface area contributed by atoms with E-state index in [1.807, 2.05) is 30.3 Å². The molecule has 1 unspecified atom stereocenters. The summed E-state index contributed by atoms with van der Waals surface area (Å²) in [7, 11) is -3.34. The van der Waals surface area contributed by atoms with Crippen molar-refractivity contribution in [2.45, 2.75) is 22.1 Å². The maximum Gasteiger partial charge on any atom is 0.175 e. The van der Waals surface area contributed by atoms with Crippen molar-refractivity contribution in [3.8, 4) is 28.5 Å². The highest BCUT2D eigenvalue weighted by molar-refractivity contribution is 7.99. The van der Waals surface area contributed by atoms with E-state index < -0.39 is 9.84 Å². The zero-order chi connectivity index (χ0) is 24.3. The van der Waals surface area contributed by atoms with Gasteiger partial charge in [-0.15, -0.1) is 0 Å². The fourth-order valence-corrected chi connectivity index (χ4v) is 5.19. The molecule has 0 saturated carbocycles. The Morgan fingerprint density at radius 1 is 0.941 bits per heavy atom. The number of nitriles is 1. The molecule has 0 radical (unpaired) electrons. The summed E-state index contributed by atoms with van der Waals surface area (Å²) in [5.41, 5.74) is 4.20. The fraction of sp³-hybridized carbons (Fsp3) is 0.111. The lowest BCUT2D eigenvalue weighted by Crippen LogP contribution is -1.99. The zero-order valence-electron chi connectivity index (χ0n) is 18.6. The second kappa shape index (κ2) is 9.80. The molecule has 4 aromatic rings. The Morgan fingerprint density at radius 2 is 1.56 bits per heavy atom. The molecule has 4 nitrogen and oxygen atoms in total. The second-order valence-electron chi connectivity index (χ2n) is 7.82. The van der Waals surface area contributed by atoms with E-state index in [2.05, 4.69) is 13.0 Å². The molecule has 1 aromatic heterocycles. The summed E-state index contributed by atoms with van der Waals surface area (Å²) in [4.78, 5) is 5.06. The first-order chi connectivity index (χ1) is 16.3. The van der Waals surface area contributed by atoms with Crippen LogP contribution in [0.2, 0.25) is 0 Å². The highest BCUT2D eigenvalue weighted by Crippen LogP contribution is 2.40. The van der Waals surface area contributed by atoms with E-state index in [1.54, 1.807) is 30.3 Å². The van der Waals surface area contributed by atoms with Crippen molar-refractivity contribution < 1.29 is 12.8 Å². The van der Waals surface area contributed by atoms with Gasteiger partial charge in [0.05, 0.1) is 16.2 Å². The molecule has 4 rings (SSSR count). The van der Waals surface area contributed by atoms with Crippen molar-refractivity contribution >= 4 is 21.6 Å². The third-order valence-corrected chi connectivity index (χ3v) is 7.67. The Bertz CT molecular complexity index is 1460. The molecular formula is C27H21FN2O2S2. The Kier molecular flexibility index (Phi) is 6.82. The lowest BCUT2D eigenvalue weighted by atomic mass is 9.98. The van der Waals surface area contributed by atoms with Crippen LogP contribution >= 0.6 is 11.8 Å². The molecule has 1 atom stereocenters. The Labute approximate surface area is 203 Å². The molecule has 0 bridgehead atoms. The molecule has 0 spiro atoms. The standard InChI is InChI=1S/C27H21FN2O2S2/c1-18(19-6-4-3-5-7-19)33-27-22(17-29)16-25(20-10-14-24(15-11-20)34(2,31)32)26(30-27)21-8-12-23(28)13-9-21/h3-16,18H,1-2H3. The summed E-state index contributed by atoms with van der Waals surface area (Å²) in [6.45, 7) is 2.05. The summed E-state index contributed by atoms with van der Waals surface area (Å²) in [5, 5.41) is 10.5. The minimum atomic E-state index is -3.34. The van der Waals surface area contributed by atoms with Gasteiger partial charge < -0.3 is 0 Å². The van der Waals surface area contributed by atoms with Gasteiger partial charge in [-0.2, -0.15) is 5.26 Å². The van der Waals surface area contributed by atoms with Crippen molar-refractivity contribution in [2.75, 3.05) is 6.26 Å². The molecule has 0 saturated heterocycles. The average Bonchev–Trinajstić information content (AvgIpc) is 2.84. The minimum Gasteiger partial charge on any atom is -0.239 e. The van der Waals surface area contributed by atoms with Gasteiger partial charge in [0, 0.05) is 22.6 Å². The van der Waals surface area contributed by atoms with E-state index >= 15 is 0 Å². The fourth-order valence-electron chi connectivity index (χ4n) is 3.56. The second-order valence-corrected chi connectivity index (χ2v) is 11.2. The first-order valence-electron chi connectivity index (χ1n) is 10.5. The molecule has 0 fully saturated rings. The van der Waals surface area contributed by atoms with Crippen LogP contribution in [0.15, 0.2) is 94.9 Å². The van der Waals surface area contributed by atoms with Crippen LogP contribution in [0.25, 0.3) is 22.4 Å². The van der Waals surface area contributed by atoms with Gasteiger partial charge in [0.25, 0.3) is 0 Å². The number of nitrogens with zero attached hydrogens (tertiary/aromatic N) is 2. The van der Waals surface area contributed by atoms with Crippen molar-refractivity contribution in [1.29, 1.82) is 5.26 Å². The number of halogens is 1. The molecule has 7 heteroatoms. The smallest absolute Gasteiger partial charge is 0.175 e. The maximum atomic E-state index is 13.6. The molecule has 0 aliphatic heterocycles. The third kappa shape index (κ3) is 5.19. The number of aromatic nitrogens is 1. The van der Waals surface area contributed by atoms with Gasteiger partial charge >= 0.3 is 0 Å². The Morgan fingerprint density at radius 3 is 2.15 bits per heavy atom. The largest absolute Gasteiger partial charge is 0.239 e. The van der Waals surface area contributed by atoms with E-state index in [0.29, 0.717) is 33.0 Å². The molecule has 34 heavy (non-hydrogen) atoms. The minimum absolute atomic E-state index is 0.0572. The predicted molar refractivity (Wildman–Crippen MR) is 134 cm³/mol. The number of benzene rings is 3. The van der Waals surface area contributed by atoms with Crippen LogP contribution < -0.4 is 0 Å². The van der Waals surface area contributed by atoms with Crippen LogP contribution in [0.5, 0.6) is 0 Å². The van der Waals surface area contributed by atoms with E-state index in [4.69, 9.17) is 4.98 Å². The van der Waals surface area contributed by atoms with Crippen molar-refractivity contribution in [1.82, 2.24) is 4.98 Å². The Hall–Kier alpha value is -3.47. The summed E-state index contributed by atoms with van der Waals surface area (Å²) in [5.74, 6) is -0.358. The van der Waals surface area contributed by atoms with Gasteiger partial charge in [-0.05, 0) is 60.5 Å². The van der Waals surface area contributed by atoms with Crippen LogP contribution in [0, 0.1) is 17.1 Å². The first kappa shape index (κ1) is 23.7. The van der Waals surface area contributed by atoms with Gasteiger partial charge in [-0.25, -0.2) is 17.8 Å². The summed E-state index contributed by atoms with van der Waals surface area (Å²) in [6, 6.07) is 26.4. The van der Waals surface area contributed by atoms with Crippen molar-refractivity contribution in [3.05, 3.63) is 102 Å². The van der Waals surface area contributed by atoms with E-state index in [-0.39, 0.29) is 16.0 Å². The normalized spacial score (nSPS) is 12.2. The van der Waals surface area contributed by atoms with Crippen LogP contribution in [0.4, 0.5) is 4.39 Å². The molecule has 0 N–H and O–H groups in total. The molecule has 1 heterocycles. The van der Waals surface area contributed by atoms with Gasteiger partial charge in [0.15, 0.2) is 9.84 Å². The zero-order valence-corrected chi connectivity index (χ0v) is 20.2. The van der Waals surface area contributed by atoms with E-state index in [9.17, 15) is 18.1 Å². The highest BCUT2D eigenvalue weighted by Gasteiger charge is 2.19. The predicted octanol–water partition coefficient (Wildman–Crippen LogP) is 6.68. The SMILES string of the molecule is CC(Sc1nc(-c2ccc(F)cc2)c(-c2ccc(S(C)(=O)=O)cc2)cc1C#N)c1ccccc1. The maximum absolute atomic E-state index is 13.6. The number of hydrogen-bond acceptors (Lipinski definition) is 5. The third-order valence-electron chi connectivity index (χ3n) is 5.38. The van der Waals surface area contributed by atoms with Gasteiger partial charge in [-0.3, -0.25) is 0 Å². The highest BCUT2D eigenvalue weighted by atomic mass is 32.2. The number of rotatable bonds is 6. The first-order valence-corrected chi connectivity index (χ1v) is 13.3. The summed E-state index contributed by atoms with van der Waals surface area (Å²) in [6.07, 6.45) is 1.15. The molecular weight excluding hydrogens is 467 g/mol. The quantitative estimate of drug-likeness (QED) is 0.283. The van der Waals surface area contributed by atoms with E-state index in [1.165, 1.54) is 36.0 Å². The molecule has 0 aliphatic carbocycles. The van der Waals surface area contributed by atoms with E-state index in [0.717, 1.165) is 11.8 Å². The van der Waals surface area contributed by atoms with Crippen LogP contribution in [-0.4, -0.2) is 19.7 Å². The van der Waals surface area contributed by atoms with Gasteiger partial charge in [0.1, 0.15) is 16.9 Å². The summed E-state index contributed by atoms with van der Waals surface area (Å²) >= 11 is 1.48. The monoisotopic (exact) mass is 488 g/mol. The van der Waals surface area contributed by atoms with Gasteiger partial charge in [0.2, 0.25) is 0 Å². The summed E-state index contributed by atoms with van der Waals surface area (Å²) < 4.78 is 37.4. The lowest BCUT2D eigenvalue weighted by molar-refractivity contribution is 0.602. The van der Waals surface area contributed by atoms with Gasteiger partial charge in [-0.1, -0.05) is 54.2 Å². The number of thioether (sulfide) groups is 1. The Balaban J connectivity index is 1.85. The van der Waals surface area contributed by atoms with Crippen molar-refractivity contribution in [2.24, 2.45) is 0 Å². The topological polar surface area (TPSA) is 70.8 Å². The van der Waals surface area contributed by atoms with Crippen LogP contribution in [0.3, 0.4) is 0 Å². The van der Waals surface area contributed by atoms with Crippen LogP contribution in [-0.2, 0) is 9.84 Å². The molecule has 0 amide bonds. The number of pyridine rings is 1. The molecule has 0 aliphatic rings. The molecule has 170 valence electrons. The van der Waals surface area contributed by atoms with Crippen LogP contribution in [0.1, 0.15) is 23.3 Å². The molecule has 3 aromatic carbocycles. The number of sulfone groups is 1.